The van der Waals surface area contributed by atoms with Crippen LogP contribution in [0.15, 0.2) is 53.3 Å². The molecular formula is C24H27ClN6O. The number of nitrogens with zero attached hydrogens (tertiary/aromatic N) is 5. The first-order valence-electron chi connectivity index (χ1n) is 10.9. The molecule has 2 aromatic carbocycles. The third-order valence-corrected chi connectivity index (χ3v) is 6.03. The van der Waals surface area contributed by atoms with Crippen LogP contribution in [0.2, 0.25) is 5.15 Å². The van der Waals surface area contributed by atoms with Crippen molar-refractivity contribution in [3.63, 3.8) is 0 Å². The number of imidazole rings is 1. The van der Waals surface area contributed by atoms with Crippen LogP contribution in [-0.2, 0) is 13.0 Å². The molecular weight excluding hydrogens is 424 g/mol. The number of unbranched alkanes of at least 4 members (excludes halogenated alkanes) is 1. The van der Waals surface area contributed by atoms with Crippen LogP contribution in [0.5, 0.6) is 0 Å². The van der Waals surface area contributed by atoms with Crippen molar-refractivity contribution in [2.45, 2.75) is 52.6 Å². The second-order valence-corrected chi connectivity index (χ2v) is 8.52. The van der Waals surface area contributed by atoms with Crippen molar-refractivity contribution in [1.82, 2.24) is 29.8 Å². The zero-order valence-corrected chi connectivity index (χ0v) is 19.3. The number of aromatic nitrogens is 6. The van der Waals surface area contributed by atoms with Crippen LogP contribution >= 0.6 is 11.6 Å². The summed E-state index contributed by atoms with van der Waals surface area (Å²) >= 11 is 6.63. The topological polar surface area (TPSA) is 81.4 Å². The van der Waals surface area contributed by atoms with Crippen LogP contribution in [-0.4, -0.2) is 29.8 Å². The average Bonchev–Trinajstić information content (AvgIpc) is 3.40. The van der Waals surface area contributed by atoms with E-state index in [9.17, 15) is 4.79 Å². The number of hydrogen-bond acceptors (Lipinski definition) is 4. The van der Waals surface area contributed by atoms with Gasteiger partial charge in [0.05, 0.1) is 12.2 Å². The quantitative estimate of drug-likeness (QED) is 0.404. The molecule has 32 heavy (non-hydrogen) atoms. The van der Waals surface area contributed by atoms with Gasteiger partial charge in [0.2, 0.25) is 0 Å². The summed E-state index contributed by atoms with van der Waals surface area (Å²) in [6.45, 7) is 6.60. The van der Waals surface area contributed by atoms with Crippen molar-refractivity contribution in [1.29, 1.82) is 0 Å². The van der Waals surface area contributed by atoms with Crippen molar-refractivity contribution >= 4 is 11.6 Å². The third kappa shape index (κ3) is 4.25. The van der Waals surface area contributed by atoms with E-state index in [1.165, 1.54) is 0 Å². The molecule has 2 aromatic heterocycles. The summed E-state index contributed by atoms with van der Waals surface area (Å²) in [7, 11) is 0. The van der Waals surface area contributed by atoms with E-state index >= 15 is 0 Å². The number of aromatic amines is 1. The number of benzene rings is 2. The highest BCUT2D eigenvalue weighted by atomic mass is 35.5. The van der Waals surface area contributed by atoms with E-state index in [2.05, 4.69) is 51.8 Å². The van der Waals surface area contributed by atoms with Gasteiger partial charge in [-0.1, -0.05) is 73.5 Å². The lowest BCUT2D eigenvalue weighted by Crippen LogP contribution is -2.26. The van der Waals surface area contributed by atoms with Gasteiger partial charge in [-0.2, -0.15) is 0 Å². The fraction of sp³-hybridized carbons (Fsp3) is 0.333. The Labute approximate surface area is 192 Å². The van der Waals surface area contributed by atoms with Gasteiger partial charge < -0.3 is 0 Å². The normalized spacial score (nSPS) is 11.4. The molecule has 0 fully saturated rings. The van der Waals surface area contributed by atoms with E-state index in [0.29, 0.717) is 17.5 Å². The summed E-state index contributed by atoms with van der Waals surface area (Å²) in [6.07, 6.45) is 2.83. The van der Waals surface area contributed by atoms with Gasteiger partial charge in [-0.15, -0.1) is 5.10 Å². The lowest BCUT2D eigenvalue weighted by atomic mass is 9.98. The maximum Gasteiger partial charge on any atom is 0.330 e. The smallest absolute Gasteiger partial charge is 0.290 e. The molecule has 0 bridgehead atoms. The van der Waals surface area contributed by atoms with Crippen LogP contribution < -0.4 is 5.69 Å². The molecule has 0 aliphatic heterocycles. The minimum absolute atomic E-state index is 0.0149. The minimum atomic E-state index is -0.0525. The van der Waals surface area contributed by atoms with Crippen LogP contribution in [0.4, 0.5) is 0 Å². The Morgan fingerprint density at radius 2 is 1.78 bits per heavy atom. The lowest BCUT2D eigenvalue weighted by molar-refractivity contribution is 0.560. The molecule has 0 saturated carbocycles. The molecule has 0 unspecified atom stereocenters. The Hall–Kier alpha value is -3.19. The first-order chi connectivity index (χ1) is 15.5. The second-order valence-electron chi connectivity index (χ2n) is 8.17. The minimum Gasteiger partial charge on any atom is -0.290 e. The number of rotatable bonds is 8. The fourth-order valence-corrected chi connectivity index (χ4v) is 4.42. The molecule has 8 heteroatoms. The first-order valence-corrected chi connectivity index (χ1v) is 11.3. The van der Waals surface area contributed by atoms with Crippen molar-refractivity contribution in [3.8, 4) is 22.5 Å². The molecule has 166 valence electrons. The molecule has 0 atom stereocenters. The molecule has 1 N–H and O–H groups in total. The summed E-state index contributed by atoms with van der Waals surface area (Å²) in [4.78, 5) is 13.1. The van der Waals surface area contributed by atoms with E-state index in [1.54, 1.807) is 4.57 Å². The Balaban J connectivity index is 1.66. The summed E-state index contributed by atoms with van der Waals surface area (Å²) in [5.41, 5.74) is 4.93. The zero-order valence-electron chi connectivity index (χ0n) is 18.5. The van der Waals surface area contributed by atoms with Gasteiger partial charge in [0.15, 0.2) is 5.82 Å². The van der Waals surface area contributed by atoms with Crippen molar-refractivity contribution in [2.75, 3.05) is 0 Å². The van der Waals surface area contributed by atoms with E-state index in [0.717, 1.165) is 47.2 Å². The number of nitrogens with one attached hydrogen (secondary N) is 1. The van der Waals surface area contributed by atoms with E-state index < -0.39 is 0 Å². The van der Waals surface area contributed by atoms with Crippen LogP contribution in [0, 0.1) is 0 Å². The van der Waals surface area contributed by atoms with Crippen molar-refractivity contribution in [3.05, 3.63) is 75.4 Å². The lowest BCUT2D eigenvalue weighted by Gasteiger charge is -2.10. The highest BCUT2D eigenvalue weighted by Crippen LogP contribution is 2.30. The molecule has 0 aliphatic rings. The molecule has 7 nitrogen and oxygen atoms in total. The Kier molecular flexibility index (Phi) is 6.55. The molecule has 0 amide bonds. The number of H-pyrrole nitrogens is 1. The van der Waals surface area contributed by atoms with Gasteiger partial charge in [-0.05, 0) is 53.8 Å². The van der Waals surface area contributed by atoms with Gasteiger partial charge >= 0.3 is 5.69 Å². The number of halogens is 1. The maximum atomic E-state index is 13.1. The predicted octanol–water partition coefficient (Wildman–Crippen LogP) is 5.12. The van der Waals surface area contributed by atoms with Crippen molar-refractivity contribution in [2.24, 2.45) is 0 Å². The molecule has 4 rings (SSSR count). The van der Waals surface area contributed by atoms with Crippen molar-refractivity contribution < 1.29 is 0 Å². The molecule has 0 aliphatic carbocycles. The average molecular weight is 451 g/mol. The van der Waals surface area contributed by atoms with Gasteiger partial charge in [-0.25, -0.2) is 9.89 Å². The van der Waals surface area contributed by atoms with Gasteiger partial charge in [0.1, 0.15) is 5.15 Å². The van der Waals surface area contributed by atoms with Gasteiger partial charge in [-0.3, -0.25) is 9.13 Å². The second kappa shape index (κ2) is 9.53. The summed E-state index contributed by atoms with van der Waals surface area (Å²) in [6, 6.07) is 16.2. The number of tetrazole rings is 1. The number of hydrogen-bond donors (Lipinski definition) is 1. The maximum absolute atomic E-state index is 13.1. The van der Waals surface area contributed by atoms with Crippen LogP contribution in [0.1, 0.15) is 50.9 Å². The Bertz CT molecular complexity index is 1240. The van der Waals surface area contributed by atoms with E-state index in [-0.39, 0.29) is 11.7 Å². The summed E-state index contributed by atoms with van der Waals surface area (Å²) < 4.78 is 3.50. The summed E-state index contributed by atoms with van der Waals surface area (Å²) in [5.74, 6) is 0.626. The molecule has 0 radical (unpaired) electrons. The van der Waals surface area contributed by atoms with Crippen LogP contribution in [0.3, 0.4) is 0 Å². The zero-order chi connectivity index (χ0) is 22.7. The molecule has 2 heterocycles. The van der Waals surface area contributed by atoms with E-state index in [1.807, 2.05) is 42.7 Å². The largest absolute Gasteiger partial charge is 0.330 e. The highest BCUT2D eigenvalue weighted by molar-refractivity contribution is 6.30. The highest BCUT2D eigenvalue weighted by Gasteiger charge is 2.20. The van der Waals surface area contributed by atoms with E-state index in [4.69, 9.17) is 11.6 Å². The van der Waals surface area contributed by atoms with Gasteiger partial charge in [0, 0.05) is 11.6 Å². The SMILES string of the molecule is CCCCc1c(Cl)n(C(C)C)c(=O)n1Cc1ccc(-c2ccccc2-c2nnn[nH]2)cc1. The monoisotopic (exact) mass is 450 g/mol. The molecule has 0 spiro atoms. The predicted molar refractivity (Wildman–Crippen MR) is 127 cm³/mol. The van der Waals surface area contributed by atoms with Gasteiger partial charge in [0.25, 0.3) is 0 Å². The Morgan fingerprint density at radius 3 is 2.41 bits per heavy atom. The molecule has 4 aromatic rings. The Morgan fingerprint density at radius 1 is 1.06 bits per heavy atom. The fourth-order valence-electron chi connectivity index (χ4n) is 3.96. The standard InChI is InChI=1S/C24H27ClN6O/c1-4-5-10-21-22(25)31(16(2)3)24(32)30(21)15-17-11-13-18(14-12-17)19-8-6-7-9-20(19)23-26-28-29-27-23/h6-9,11-14,16H,4-5,10,15H2,1-3H3,(H,26,27,28,29). The summed E-state index contributed by atoms with van der Waals surface area (Å²) in [5, 5.41) is 14.8. The molecule has 0 saturated heterocycles. The third-order valence-electron chi connectivity index (χ3n) is 5.63. The van der Waals surface area contributed by atoms with Crippen LogP contribution in [0.25, 0.3) is 22.5 Å². The first kappa shape index (κ1) is 22.0.